The lowest BCUT2D eigenvalue weighted by molar-refractivity contribution is -0.0531. The van der Waals surface area contributed by atoms with Gasteiger partial charge < -0.3 is 25.8 Å². The van der Waals surface area contributed by atoms with Crippen LogP contribution in [0.15, 0.2) is 6.33 Å². The number of aromatic nitrogens is 2. The first kappa shape index (κ1) is 19.4. The van der Waals surface area contributed by atoms with Crippen LogP contribution >= 0.6 is 0 Å². The molecule has 25 heavy (non-hydrogen) atoms. The summed E-state index contributed by atoms with van der Waals surface area (Å²) in [6, 6.07) is 0. The number of aliphatic hydroxyl groups is 3. The van der Waals surface area contributed by atoms with Crippen molar-refractivity contribution in [2.75, 3.05) is 6.61 Å². The molecular formula is C17H25N3O5. The molecule has 1 aliphatic heterocycles. The fraction of sp³-hybridized carbons (Fsp3) is 0.647. The second-order valence-electron chi connectivity index (χ2n) is 6.05. The number of ether oxygens (including phenoxy) is 1. The molecule has 0 bridgehead atoms. The van der Waals surface area contributed by atoms with Crippen LogP contribution in [0.4, 0.5) is 0 Å². The van der Waals surface area contributed by atoms with Gasteiger partial charge in [-0.2, -0.15) is 0 Å². The minimum Gasteiger partial charge on any atom is -0.394 e. The second-order valence-corrected chi connectivity index (χ2v) is 6.05. The van der Waals surface area contributed by atoms with Crippen molar-refractivity contribution in [2.24, 2.45) is 5.73 Å². The number of aliphatic hydroxyl groups excluding tert-OH is 3. The summed E-state index contributed by atoms with van der Waals surface area (Å²) in [6.45, 7) is 1.69. The zero-order valence-electron chi connectivity index (χ0n) is 14.3. The van der Waals surface area contributed by atoms with Crippen LogP contribution in [0.2, 0.25) is 0 Å². The van der Waals surface area contributed by atoms with Crippen molar-refractivity contribution in [3.05, 3.63) is 17.7 Å². The number of hydrogen-bond donors (Lipinski definition) is 4. The largest absolute Gasteiger partial charge is 0.394 e. The minimum atomic E-state index is -1.28. The molecule has 0 aromatic carbocycles. The van der Waals surface area contributed by atoms with Crippen molar-refractivity contribution in [3.63, 3.8) is 0 Å². The van der Waals surface area contributed by atoms with E-state index < -0.39 is 37.1 Å². The maximum absolute atomic E-state index is 11.6. The van der Waals surface area contributed by atoms with Gasteiger partial charge in [-0.3, -0.25) is 9.36 Å². The van der Waals surface area contributed by atoms with Crippen LogP contribution in [0.1, 0.15) is 61.4 Å². The van der Waals surface area contributed by atoms with Crippen LogP contribution in [0, 0.1) is 11.8 Å². The van der Waals surface area contributed by atoms with Crippen LogP contribution in [0.25, 0.3) is 0 Å². The molecule has 8 heteroatoms. The molecule has 0 saturated carbocycles. The number of primary amides is 1. The lowest BCUT2D eigenvalue weighted by atomic mass is 10.1. The maximum Gasteiger partial charge on any atom is 0.270 e. The van der Waals surface area contributed by atoms with E-state index in [4.69, 9.17) is 10.5 Å². The predicted molar refractivity (Wildman–Crippen MR) is 89.4 cm³/mol. The van der Waals surface area contributed by atoms with Crippen LogP contribution in [-0.2, 0) is 4.74 Å². The Balaban J connectivity index is 2.22. The molecular weight excluding hydrogens is 326 g/mol. The molecule has 0 spiro atoms. The Bertz CT molecular complexity index is 648. The number of carbonyl (C=O) groups is 1. The van der Waals surface area contributed by atoms with Gasteiger partial charge in [0.25, 0.3) is 5.91 Å². The van der Waals surface area contributed by atoms with Gasteiger partial charge in [0.15, 0.2) is 11.9 Å². The average Bonchev–Trinajstić information content (AvgIpc) is 3.13. The van der Waals surface area contributed by atoms with Gasteiger partial charge in [-0.25, -0.2) is 4.98 Å². The van der Waals surface area contributed by atoms with E-state index in [0.29, 0.717) is 6.42 Å². The molecule has 1 aromatic rings. The number of nitrogens with two attached hydrogens (primary N) is 1. The molecule has 0 unspecified atom stereocenters. The van der Waals surface area contributed by atoms with Crippen LogP contribution in [0.5, 0.6) is 0 Å². The number of carbonyl (C=O) groups excluding carboxylic acids is 1. The van der Waals surface area contributed by atoms with Gasteiger partial charge in [0.05, 0.1) is 12.9 Å². The summed E-state index contributed by atoms with van der Waals surface area (Å²) in [5, 5.41) is 29.3. The molecule has 5 N–H and O–H groups in total. The number of nitrogens with zero attached hydrogens (tertiary/aromatic N) is 2. The fourth-order valence-electron chi connectivity index (χ4n) is 2.75. The van der Waals surface area contributed by atoms with E-state index in [0.717, 1.165) is 25.7 Å². The predicted octanol–water partition coefficient (Wildman–Crippen LogP) is -0.0846. The molecule has 4 atom stereocenters. The Morgan fingerprint density at radius 3 is 2.72 bits per heavy atom. The van der Waals surface area contributed by atoms with Gasteiger partial charge in [-0.15, -0.1) is 0 Å². The molecule has 8 nitrogen and oxygen atoms in total. The van der Waals surface area contributed by atoms with Crippen LogP contribution in [0.3, 0.4) is 0 Å². The van der Waals surface area contributed by atoms with Gasteiger partial charge in [0.1, 0.15) is 24.0 Å². The highest BCUT2D eigenvalue weighted by molar-refractivity contribution is 5.93. The molecule has 2 rings (SSSR count). The Hall–Kier alpha value is -1.92. The van der Waals surface area contributed by atoms with Crippen molar-refractivity contribution >= 4 is 5.91 Å². The summed E-state index contributed by atoms with van der Waals surface area (Å²) >= 11 is 0. The first-order chi connectivity index (χ1) is 12.0. The van der Waals surface area contributed by atoms with E-state index in [1.165, 1.54) is 10.9 Å². The highest BCUT2D eigenvalue weighted by atomic mass is 16.6. The summed E-state index contributed by atoms with van der Waals surface area (Å²) in [5.41, 5.74) is 5.56. The number of hydrogen-bond acceptors (Lipinski definition) is 6. The van der Waals surface area contributed by atoms with Crippen LogP contribution in [-0.4, -0.2) is 55.7 Å². The molecule has 0 radical (unpaired) electrons. The van der Waals surface area contributed by atoms with Gasteiger partial charge in [-0.1, -0.05) is 32.1 Å². The number of unbranched alkanes of at least 4 members (excludes halogenated alkanes) is 4. The molecule has 1 fully saturated rings. The number of amides is 1. The van der Waals surface area contributed by atoms with E-state index in [1.54, 1.807) is 0 Å². The standard InChI is InChI=1S/C17H25N3O5/c1-2-3-4-5-6-7-8-11-13(16(18)24)19-10-20(11)17-15(23)14(22)12(9-21)25-17/h10,12,14-15,17,21-23H,2-6,9H2,1H3,(H2,18,24)/t12-,14-,15-,17-/m1/s1. The van der Waals surface area contributed by atoms with E-state index >= 15 is 0 Å². The van der Waals surface area contributed by atoms with Gasteiger partial charge >= 0.3 is 0 Å². The van der Waals surface area contributed by atoms with E-state index in [9.17, 15) is 20.1 Å². The third-order valence-electron chi connectivity index (χ3n) is 4.18. The van der Waals surface area contributed by atoms with E-state index in [-0.39, 0.29) is 11.4 Å². The zero-order chi connectivity index (χ0) is 18.4. The number of rotatable bonds is 7. The number of imidazole rings is 1. The SMILES string of the molecule is CCCCCCC#Cc1c(C(N)=O)ncn1[C@@H]1O[C@H](CO)[C@@H](O)[C@H]1O. The van der Waals surface area contributed by atoms with Gasteiger partial charge in [0.2, 0.25) is 0 Å². The average molecular weight is 351 g/mol. The third kappa shape index (κ3) is 4.38. The minimum absolute atomic E-state index is 0.0150. The smallest absolute Gasteiger partial charge is 0.270 e. The van der Waals surface area contributed by atoms with Crippen molar-refractivity contribution in [2.45, 2.75) is 63.6 Å². The molecule has 138 valence electrons. The fourth-order valence-corrected chi connectivity index (χ4v) is 2.75. The second kappa shape index (κ2) is 8.97. The molecule has 1 saturated heterocycles. The summed E-state index contributed by atoms with van der Waals surface area (Å²) in [4.78, 5) is 15.5. The highest BCUT2D eigenvalue weighted by Crippen LogP contribution is 2.30. The molecule has 1 amide bonds. The highest BCUT2D eigenvalue weighted by Gasteiger charge is 2.44. The summed E-state index contributed by atoms with van der Waals surface area (Å²) < 4.78 is 6.85. The molecule has 0 aliphatic carbocycles. The van der Waals surface area contributed by atoms with E-state index in [1.807, 2.05) is 0 Å². The quantitative estimate of drug-likeness (QED) is 0.401. The zero-order valence-corrected chi connectivity index (χ0v) is 14.3. The van der Waals surface area contributed by atoms with Crippen molar-refractivity contribution in [1.29, 1.82) is 0 Å². The van der Waals surface area contributed by atoms with Crippen molar-refractivity contribution < 1.29 is 24.9 Å². The first-order valence-corrected chi connectivity index (χ1v) is 8.49. The Labute approximate surface area is 146 Å². The van der Waals surface area contributed by atoms with Gasteiger partial charge in [0, 0.05) is 6.42 Å². The third-order valence-corrected chi connectivity index (χ3v) is 4.18. The summed E-state index contributed by atoms with van der Waals surface area (Å²) in [5.74, 6) is 5.13. The normalized spacial score (nSPS) is 25.6. The topological polar surface area (TPSA) is 131 Å². The Kier molecular flexibility index (Phi) is 6.96. The lowest BCUT2D eigenvalue weighted by Gasteiger charge is -2.17. The van der Waals surface area contributed by atoms with Crippen molar-refractivity contribution in [1.82, 2.24) is 9.55 Å². The van der Waals surface area contributed by atoms with Crippen LogP contribution < -0.4 is 5.73 Å². The monoisotopic (exact) mass is 351 g/mol. The molecule has 1 aromatic heterocycles. The van der Waals surface area contributed by atoms with Gasteiger partial charge in [-0.05, 0) is 12.3 Å². The maximum atomic E-state index is 11.6. The summed E-state index contributed by atoms with van der Waals surface area (Å²) in [7, 11) is 0. The Morgan fingerprint density at radius 1 is 1.36 bits per heavy atom. The Morgan fingerprint density at radius 2 is 2.12 bits per heavy atom. The first-order valence-electron chi connectivity index (χ1n) is 8.49. The lowest BCUT2D eigenvalue weighted by Crippen LogP contribution is -2.33. The van der Waals surface area contributed by atoms with Crippen molar-refractivity contribution in [3.8, 4) is 11.8 Å². The molecule has 1 aliphatic rings. The van der Waals surface area contributed by atoms with E-state index in [2.05, 4.69) is 23.7 Å². The summed E-state index contributed by atoms with van der Waals surface area (Å²) in [6.07, 6.45) is 1.83. The molecule has 2 heterocycles.